The lowest BCUT2D eigenvalue weighted by molar-refractivity contribution is 0.0328. The van der Waals surface area contributed by atoms with Gasteiger partial charge in [-0.25, -0.2) is 4.79 Å². The van der Waals surface area contributed by atoms with Gasteiger partial charge in [0.25, 0.3) is 0 Å². The first kappa shape index (κ1) is 17.6. The van der Waals surface area contributed by atoms with Crippen molar-refractivity contribution < 1.29 is 9.90 Å². The Morgan fingerprint density at radius 1 is 0.880 bits per heavy atom. The van der Waals surface area contributed by atoms with Crippen molar-refractivity contribution >= 4 is 5.97 Å². The summed E-state index contributed by atoms with van der Waals surface area (Å²) in [6, 6.07) is 18.8. The summed E-state index contributed by atoms with van der Waals surface area (Å²) in [4.78, 5) is 16.0. The van der Waals surface area contributed by atoms with E-state index in [1.807, 2.05) is 12.1 Å². The number of rotatable bonds is 5. The molecule has 1 heterocycles. The van der Waals surface area contributed by atoms with Crippen molar-refractivity contribution in [2.45, 2.75) is 39.0 Å². The number of piperazine rings is 1. The molecule has 2 unspecified atom stereocenters. The summed E-state index contributed by atoms with van der Waals surface area (Å²) >= 11 is 0. The van der Waals surface area contributed by atoms with E-state index in [0.717, 1.165) is 26.2 Å². The molecule has 1 aliphatic heterocycles. The van der Waals surface area contributed by atoms with Gasteiger partial charge in [0.1, 0.15) is 0 Å². The summed E-state index contributed by atoms with van der Waals surface area (Å²) in [6.45, 7) is 8.49. The highest BCUT2D eigenvalue weighted by Gasteiger charge is 2.28. The zero-order chi connectivity index (χ0) is 17.8. The van der Waals surface area contributed by atoms with Crippen molar-refractivity contribution in [3.8, 4) is 0 Å². The lowest BCUT2D eigenvalue weighted by Crippen LogP contribution is -2.55. The Balaban J connectivity index is 1.61. The third kappa shape index (κ3) is 4.47. The van der Waals surface area contributed by atoms with Gasteiger partial charge in [0.15, 0.2) is 0 Å². The van der Waals surface area contributed by atoms with Gasteiger partial charge >= 0.3 is 5.97 Å². The smallest absolute Gasteiger partial charge is 0.335 e. The van der Waals surface area contributed by atoms with Crippen LogP contribution in [-0.2, 0) is 13.1 Å². The lowest BCUT2D eigenvalue weighted by atomic mass is 10.0. The second-order valence-corrected chi connectivity index (χ2v) is 7.04. The van der Waals surface area contributed by atoms with Gasteiger partial charge in [-0.1, -0.05) is 42.5 Å². The predicted octanol–water partition coefficient (Wildman–Crippen LogP) is 3.48. The molecule has 2 aromatic rings. The average Bonchev–Trinajstić information content (AvgIpc) is 2.60. The van der Waals surface area contributed by atoms with Crippen molar-refractivity contribution in [1.82, 2.24) is 9.80 Å². The molecule has 1 N–H and O–H groups in total. The van der Waals surface area contributed by atoms with E-state index in [0.29, 0.717) is 17.6 Å². The van der Waals surface area contributed by atoms with E-state index in [-0.39, 0.29) is 0 Å². The minimum atomic E-state index is -0.872. The lowest BCUT2D eigenvalue weighted by Gasteiger charge is -2.44. The largest absolute Gasteiger partial charge is 0.478 e. The molecule has 2 atom stereocenters. The van der Waals surface area contributed by atoms with Gasteiger partial charge in [-0.15, -0.1) is 0 Å². The van der Waals surface area contributed by atoms with Gasteiger partial charge in [0.2, 0.25) is 0 Å². The van der Waals surface area contributed by atoms with Gasteiger partial charge in [-0.3, -0.25) is 9.80 Å². The summed E-state index contributed by atoms with van der Waals surface area (Å²) < 4.78 is 0. The molecule has 1 saturated heterocycles. The summed E-state index contributed by atoms with van der Waals surface area (Å²) in [5.41, 5.74) is 2.87. The monoisotopic (exact) mass is 338 g/mol. The fourth-order valence-corrected chi connectivity index (χ4v) is 3.52. The van der Waals surface area contributed by atoms with Crippen LogP contribution in [0.3, 0.4) is 0 Å². The van der Waals surface area contributed by atoms with E-state index in [2.05, 4.69) is 54.0 Å². The maximum absolute atomic E-state index is 11.0. The van der Waals surface area contributed by atoms with Gasteiger partial charge < -0.3 is 5.11 Å². The summed E-state index contributed by atoms with van der Waals surface area (Å²) in [6.07, 6.45) is 0. The topological polar surface area (TPSA) is 43.8 Å². The molecule has 1 aliphatic rings. The van der Waals surface area contributed by atoms with Crippen LogP contribution in [0.4, 0.5) is 0 Å². The summed E-state index contributed by atoms with van der Waals surface area (Å²) in [5.74, 6) is -0.872. The average molecular weight is 338 g/mol. The maximum Gasteiger partial charge on any atom is 0.335 e. The molecular formula is C21H26N2O2. The molecule has 0 spiro atoms. The Hall–Kier alpha value is -2.17. The van der Waals surface area contributed by atoms with Crippen LogP contribution in [-0.4, -0.2) is 46.0 Å². The molecular weight excluding hydrogens is 312 g/mol. The highest BCUT2D eigenvalue weighted by molar-refractivity contribution is 5.87. The van der Waals surface area contributed by atoms with E-state index >= 15 is 0 Å². The molecule has 0 saturated carbocycles. The first-order valence-electron chi connectivity index (χ1n) is 8.87. The first-order valence-corrected chi connectivity index (χ1v) is 8.87. The molecule has 4 nitrogen and oxygen atoms in total. The van der Waals surface area contributed by atoms with Crippen molar-refractivity contribution in [1.29, 1.82) is 0 Å². The third-order valence-corrected chi connectivity index (χ3v) is 5.06. The van der Waals surface area contributed by atoms with E-state index in [1.54, 1.807) is 12.1 Å². The van der Waals surface area contributed by atoms with Crippen LogP contribution in [0.5, 0.6) is 0 Å². The van der Waals surface area contributed by atoms with Crippen LogP contribution < -0.4 is 0 Å². The van der Waals surface area contributed by atoms with Gasteiger partial charge in [-0.05, 0) is 37.1 Å². The highest BCUT2D eigenvalue weighted by atomic mass is 16.4. The van der Waals surface area contributed by atoms with Gasteiger partial charge in [0, 0.05) is 38.3 Å². The maximum atomic E-state index is 11.0. The second kappa shape index (κ2) is 7.81. The molecule has 4 heteroatoms. The van der Waals surface area contributed by atoms with Crippen LogP contribution in [0.2, 0.25) is 0 Å². The van der Waals surface area contributed by atoms with Crippen LogP contribution in [0.15, 0.2) is 54.6 Å². The van der Waals surface area contributed by atoms with E-state index in [1.165, 1.54) is 11.1 Å². The van der Waals surface area contributed by atoms with Crippen molar-refractivity contribution in [3.05, 3.63) is 71.3 Å². The number of carboxylic acids is 1. The van der Waals surface area contributed by atoms with E-state index < -0.39 is 5.97 Å². The molecule has 0 aromatic heterocycles. The number of carboxylic acid groups (broad SMARTS) is 1. The molecule has 0 radical (unpaired) electrons. The molecule has 0 amide bonds. The molecule has 25 heavy (non-hydrogen) atoms. The minimum Gasteiger partial charge on any atom is -0.478 e. The van der Waals surface area contributed by atoms with E-state index in [4.69, 9.17) is 5.11 Å². The van der Waals surface area contributed by atoms with Crippen molar-refractivity contribution in [2.24, 2.45) is 0 Å². The van der Waals surface area contributed by atoms with Crippen molar-refractivity contribution in [2.75, 3.05) is 13.1 Å². The second-order valence-electron chi connectivity index (χ2n) is 7.04. The number of carbonyl (C=O) groups is 1. The Bertz CT molecular complexity index is 700. The Morgan fingerprint density at radius 3 is 1.84 bits per heavy atom. The predicted molar refractivity (Wildman–Crippen MR) is 99.6 cm³/mol. The summed E-state index contributed by atoms with van der Waals surface area (Å²) in [7, 11) is 0. The zero-order valence-corrected chi connectivity index (χ0v) is 14.9. The summed E-state index contributed by atoms with van der Waals surface area (Å²) in [5, 5.41) is 9.01. The molecule has 3 rings (SSSR count). The molecule has 1 fully saturated rings. The number of benzene rings is 2. The van der Waals surface area contributed by atoms with Crippen LogP contribution in [0.1, 0.15) is 35.3 Å². The number of aromatic carboxylic acids is 1. The van der Waals surface area contributed by atoms with Gasteiger partial charge in [-0.2, -0.15) is 0 Å². The first-order chi connectivity index (χ1) is 12.0. The Morgan fingerprint density at radius 2 is 1.36 bits per heavy atom. The van der Waals surface area contributed by atoms with E-state index in [9.17, 15) is 4.79 Å². The molecule has 2 aromatic carbocycles. The third-order valence-electron chi connectivity index (χ3n) is 5.06. The van der Waals surface area contributed by atoms with Crippen molar-refractivity contribution in [3.63, 3.8) is 0 Å². The quantitative estimate of drug-likeness (QED) is 0.906. The molecule has 132 valence electrons. The van der Waals surface area contributed by atoms with Crippen LogP contribution in [0.25, 0.3) is 0 Å². The van der Waals surface area contributed by atoms with Gasteiger partial charge in [0.05, 0.1) is 5.56 Å². The Labute approximate surface area is 149 Å². The minimum absolute atomic E-state index is 0.345. The molecule has 0 aliphatic carbocycles. The number of hydrogen-bond donors (Lipinski definition) is 1. The number of nitrogens with zero attached hydrogens (tertiary/aromatic N) is 2. The van der Waals surface area contributed by atoms with Crippen LogP contribution in [0, 0.1) is 0 Å². The molecule has 0 bridgehead atoms. The zero-order valence-electron chi connectivity index (χ0n) is 14.9. The Kier molecular flexibility index (Phi) is 5.51. The fraction of sp³-hybridized carbons (Fsp3) is 0.381. The fourth-order valence-electron chi connectivity index (χ4n) is 3.52. The standard InChI is InChI=1S/C21H26N2O2/c1-16-13-23(15-19-8-10-20(11-9-19)21(24)25)17(2)12-22(16)14-18-6-4-3-5-7-18/h3-11,16-17H,12-15H2,1-2H3,(H,24,25). The number of hydrogen-bond acceptors (Lipinski definition) is 3. The van der Waals surface area contributed by atoms with Crippen LogP contribution >= 0.6 is 0 Å². The normalized spacial score (nSPS) is 22.0. The SMILES string of the molecule is CC1CN(Cc2ccc(C(=O)O)cc2)C(C)CN1Cc1ccccc1. The highest BCUT2D eigenvalue weighted by Crippen LogP contribution is 2.20.